The Labute approximate surface area is 289 Å². The van der Waals surface area contributed by atoms with Crippen LogP contribution in [0.15, 0.2) is 156 Å². The Morgan fingerprint density at radius 3 is 1.82 bits per heavy atom. The number of esters is 1. The van der Waals surface area contributed by atoms with E-state index >= 15 is 0 Å². The zero-order valence-corrected chi connectivity index (χ0v) is 28.8. The summed E-state index contributed by atoms with van der Waals surface area (Å²) in [5.41, 5.74) is 13.0. The highest BCUT2D eigenvalue weighted by atomic mass is 19.1. The topological polar surface area (TPSA) is 26.3 Å². The Kier molecular flexibility index (Phi) is 8.32. The maximum atomic E-state index is 14.3. The molecule has 5 aromatic rings. The van der Waals surface area contributed by atoms with Crippen molar-refractivity contribution in [2.24, 2.45) is 5.41 Å². The van der Waals surface area contributed by atoms with E-state index in [1.54, 1.807) is 0 Å². The zero-order chi connectivity index (χ0) is 34.3. The number of halogens is 1. The summed E-state index contributed by atoms with van der Waals surface area (Å²) in [6.45, 7) is 11.2. The summed E-state index contributed by atoms with van der Waals surface area (Å²) in [5.74, 6) is -0.515. The molecule has 0 saturated heterocycles. The molecule has 1 fully saturated rings. The molecule has 0 aliphatic heterocycles. The molecular formula is C46H41FO2. The van der Waals surface area contributed by atoms with Crippen molar-refractivity contribution in [3.8, 4) is 11.1 Å². The predicted octanol–water partition coefficient (Wildman–Crippen LogP) is 11.4. The minimum absolute atomic E-state index is 0.144. The van der Waals surface area contributed by atoms with E-state index in [0.29, 0.717) is 6.61 Å². The van der Waals surface area contributed by atoms with Crippen molar-refractivity contribution in [3.05, 3.63) is 189 Å². The molecule has 0 heterocycles. The monoisotopic (exact) mass is 644 g/mol. The van der Waals surface area contributed by atoms with E-state index in [4.69, 9.17) is 4.74 Å². The van der Waals surface area contributed by atoms with Crippen LogP contribution >= 0.6 is 0 Å². The number of hydrogen-bond acceptors (Lipinski definition) is 2. The average molecular weight is 645 g/mol. The van der Waals surface area contributed by atoms with E-state index in [1.807, 2.05) is 37.3 Å². The molecule has 1 saturated carbocycles. The molecule has 2 aliphatic carbocycles. The second-order valence-corrected chi connectivity index (χ2v) is 13.7. The third kappa shape index (κ3) is 5.20. The van der Waals surface area contributed by atoms with Gasteiger partial charge in [0.15, 0.2) is 0 Å². The van der Waals surface area contributed by atoms with Crippen LogP contribution in [0.1, 0.15) is 68.9 Å². The Morgan fingerprint density at radius 2 is 1.27 bits per heavy atom. The third-order valence-corrected chi connectivity index (χ3v) is 10.2. The van der Waals surface area contributed by atoms with Crippen LogP contribution in [0.2, 0.25) is 0 Å². The molecule has 49 heavy (non-hydrogen) atoms. The highest BCUT2D eigenvalue weighted by Gasteiger charge is 2.62. The fraction of sp³-hybridized carbons (Fsp3) is 0.196. The molecule has 1 atom stereocenters. The first kappa shape index (κ1) is 32.3. The summed E-state index contributed by atoms with van der Waals surface area (Å²) in [6, 6.07) is 44.8. The summed E-state index contributed by atoms with van der Waals surface area (Å²) in [4.78, 5) is 14.2. The molecule has 1 unspecified atom stereocenters. The van der Waals surface area contributed by atoms with Gasteiger partial charge in [0.1, 0.15) is 5.82 Å². The number of carbonyl (C=O) groups is 1. The average Bonchev–Trinajstić information content (AvgIpc) is 3.48. The van der Waals surface area contributed by atoms with Gasteiger partial charge >= 0.3 is 5.97 Å². The van der Waals surface area contributed by atoms with Gasteiger partial charge in [0.25, 0.3) is 0 Å². The zero-order valence-electron chi connectivity index (χ0n) is 28.8. The first-order valence-electron chi connectivity index (χ1n) is 17.1. The van der Waals surface area contributed by atoms with E-state index in [0.717, 1.165) is 55.7 Å². The van der Waals surface area contributed by atoms with Gasteiger partial charge in [-0.15, -0.1) is 0 Å². The van der Waals surface area contributed by atoms with E-state index in [2.05, 4.69) is 119 Å². The molecule has 3 heteroatoms. The van der Waals surface area contributed by atoms with Crippen molar-refractivity contribution in [2.45, 2.75) is 46.5 Å². The molecule has 0 radical (unpaired) electrons. The van der Waals surface area contributed by atoms with Crippen LogP contribution in [0.3, 0.4) is 0 Å². The molecule has 0 bridgehead atoms. The number of carbonyl (C=O) groups excluding carboxylic acids is 1. The molecule has 0 aromatic heterocycles. The fourth-order valence-electron chi connectivity index (χ4n) is 8.75. The standard InChI is InChI=1S/C46H41FO2/c1-6-49-38(48)29-46-37-24-16-23-36(31-25-27-35(47)28-26-31)41(37)40(34-21-14-9-15-22-34)43(46)42(30(2)3)45(4,5)44(46)39(32-17-10-7-11-18-32)33-19-12-8-13-20-33/h7-28H,6,29H2,1-5H3. The van der Waals surface area contributed by atoms with Crippen LogP contribution in [-0.2, 0) is 14.9 Å². The van der Waals surface area contributed by atoms with Crippen LogP contribution in [0.25, 0.3) is 22.3 Å². The minimum atomic E-state index is -0.861. The molecule has 244 valence electrons. The SMILES string of the molecule is CCOC(=O)CC12C(=C(c3ccccc3)c3c(-c4ccc(F)cc4)cccc31)C(=C(C)C)C(C)(C)C2=C(c1ccccc1)c1ccccc1. The number of hydrogen-bond donors (Lipinski definition) is 0. The van der Waals surface area contributed by atoms with E-state index < -0.39 is 10.8 Å². The quantitative estimate of drug-likeness (QED) is 0.165. The number of fused-ring (bicyclic) bond motifs is 3. The smallest absolute Gasteiger partial charge is 0.307 e. The van der Waals surface area contributed by atoms with E-state index in [9.17, 15) is 9.18 Å². The molecular weight excluding hydrogens is 604 g/mol. The lowest BCUT2D eigenvalue weighted by Gasteiger charge is -2.36. The fourth-order valence-corrected chi connectivity index (χ4v) is 8.75. The van der Waals surface area contributed by atoms with Crippen molar-refractivity contribution in [3.63, 3.8) is 0 Å². The van der Waals surface area contributed by atoms with Gasteiger partial charge < -0.3 is 4.74 Å². The largest absolute Gasteiger partial charge is 0.466 e. The Bertz CT molecular complexity index is 2090. The predicted molar refractivity (Wildman–Crippen MR) is 198 cm³/mol. The maximum absolute atomic E-state index is 14.3. The van der Waals surface area contributed by atoms with E-state index in [-0.39, 0.29) is 18.2 Å². The lowest BCUT2D eigenvalue weighted by atomic mass is 9.65. The number of benzene rings is 5. The molecule has 2 aliphatic rings. The summed E-state index contributed by atoms with van der Waals surface area (Å²) in [5, 5.41) is 0. The molecule has 0 spiro atoms. The van der Waals surface area contributed by atoms with Crippen LogP contribution in [0, 0.1) is 11.2 Å². The van der Waals surface area contributed by atoms with E-state index in [1.165, 1.54) is 28.9 Å². The van der Waals surface area contributed by atoms with Crippen molar-refractivity contribution < 1.29 is 13.9 Å². The third-order valence-electron chi connectivity index (χ3n) is 10.2. The second kappa shape index (κ2) is 12.6. The van der Waals surface area contributed by atoms with Crippen LogP contribution < -0.4 is 0 Å². The highest BCUT2D eigenvalue weighted by molar-refractivity contribution is 6.05. The molecule has 2 nitrogen and oxygen atoms in total. The molecule has 7 rings (SSSR count). The van der Waals surface area contributed by atoms with Gasteiger partial charge in [-0.2, -0.15) is 0 Å². The molecule has 0 N–H and O–H groups in total. The number of ether oxygens (including phenoxy) is 1. The van der Waals surface area contributed by atoms with Crippen molar-refractivity contribution >= 4 is 17.1 Å². The van der Waals surface area contributed by atoms with Gasteiger partial charge in [0, 0.05) is 5.41 Å². The Morgan fingerprint density at radius 1 is 0.694 bits per heavy atom. The molecule has 0 amide bonds. The number of allylic oxidation sites excluding steroid dienone is 4. The van der Waals surface area contributed by atoms with Crippen molar-refractivity contribution in [1.29, 1.82) is 0 Å². The maximum Gasteiger partial charge on any atom is 0.307 e. The van der Waals surface area contributed by atoms with Gasteiger partial charge in [-0.3, -0.25) is 4.79 Å². The van der Waals surface area contributed by atoms with Gasteiger partial charge in [-0.1, -0.05) is 141 Å². The van der Waals surface area contributed by atoms with Gasteiger partial charge in [-0.25, -0.2) is 4.39 Å². The van der Waals surface area contributed by atoms with Crippen LogP contribution in [-0.4, -0.2) is 12.6 Å². The van der Waals surface area contributed by atoms with Crippen LogP contribution in [0.5, 0.6) is 0 Å². The first-order chi connectivity index (χ1) is 23.7. The van der Waals surface area contributed by atoms with Crippen LogP contribution in [0.4, 0.5) is 4.39 Å². The lowest BCUT2D eigenvalue weighted by molar-refractivity contribution is -0.144. The van der Waals surface area contributed by atoms with Crippen molar-refractivity contribution in [1.82, 2.24) is 0 Å². The van der Waals surface area contributed by atoms with Crippen molar-refractivity contribution in [2.75, 3.05) is 6.61 Å². The summed E-state index contributed by atoms with van der Waals surface area (Å²) in [6.07, 6.45) is 0.144. The van der Waals surface area contributed by atoms with Gasteiger partial charge in [-0.05, 0) is 99.7 Å². The first-order valence-corrected chi connectivity index (χ1v) is 17.1. The number of rotatable bonds is 7. The Hall–Kier alpha value is -5.28. The summed E-state index contributed by atoms with van der Waals surface area (Å²) < 4.78 is 20.2. The van der Waals surface area contributed by atoms with Gasteiger partial charge in [0.05, 0.1) is 18.4 Å². The van der Waals surface area contributed by atoms with Gasteiger partial charge in [0.2, 0.25) is 0 Å². The molecule has 5 aromatic carbocycles. The normalized spacial score (nSPS) is 17.5. The Balaban J connectivity index is 1.75. The lowest BCUT2D eigenvalue weighted by Crippen LogP contribution is -2.33. The summed E-state index contributed by atoms with van der Waals surface area (Å²) >= 11 is 0. The minimum Gasteiger partial charge on any atom is -0.466 e. The summed E-state index contributed by atoms with van der Waals surface area (Å²) in [7, 11) is 0. The second-order valence-electron chi connectivity index (χ2n) is 13.7. The highest BCUT2D eigenvalue weighted by Crippen LogP contribution is 2.71.